The highest BCUT2D eigenvalue weighted by atomic mass is 79.9. The Kier molecular flexibility index (Phi) is 8.25. The summed E-state index contributed by atoms with van der Waals surface area (Å²) in [6.45, 7) is 0.823. The summed E-state index contributed by atoms with van der Waals surface area (Å²) in [6, 6.07) is 12.4. The largest absolute Gasteiger partial charge is 0.387 e. The van der Waals surface area contributed by atoms with Crippen molar-refractivity contribution in [1.29, 1.82) is 0 Å². The van der Waals surface area contributed by atoms with Gasteiger partial charge in [-0.05, 0) is 48.2 Å². The number of carbonyl (C=O) groups excluding carboxylic acids is 1. The average Bonchev–Trinajstić information content (AvgIpc) is 2.63. The number of halogens is 2. The van der Waals surface area contributed by atoms with Crippen LogP contribution in [0.1, 0.15) is 34.0 Å². The van der Waals surface area contributed by atoms with Crippen LogP contribution in [0.2, 0.25) is 0 Å². The van der Waals surface area contributed by atoms with E-state index >= 15 is 0 Å². The number of Topliss-reactive ketones (excluding diaryl/α,β-unsaturated/α-hetero) is 1. The average molecular weight is 504 g/mol. The van der Waals surface area contributed by atoms with E-state index in [2.05, 4.69) is 26.0 Å². The van der Waals surface area contributed by atoms with Crippen molar-refractivity contribution in [3.63, 3.8) is 0 Å². The third-order valence-corrected chi connectivity index (χ3v) is 5.90. The molecule has 1 aliphatic rings. The molecule has 3 rings (SSSR count). The molecule has 1 aliphatic carbocycles. The summed E-state index contributed by atoms with van der Waals surface area (Å²) in [5, 5.41) is 13.5. The Morgan fingerprint density at radius 3 is 2.55 bits per heavy atom. The Labute approximate surface area is 185 Å². The van der Waals surface area contributed by atoms with Gasteiger partial charge in [0.05, 0.1) is 12.4 Å². The van der Waals surface area contributed by atoms with Gasteiger partial charge in [0, 0.05) is 34.7 Å². The Morgan fingerprint density at radius 2 is 1.90 bits per heavy atom. The van der Waals surface area contributed by atoms with E-state index in [1.54, 1.807) is 24.3 Å². The van der Waals surface area contributed by atoms with Crippen molar-refractivity contribution in [2.45, 2.75) is 18.9 Å². The van der Waals surface area contributed by atoms with Crippen LogP contribution in [0.4, 0.5) is 5.69 Å². The topological polar surface area (TPSA) is 95.5 Å². The molecule has 0 saturated carbocycles. The highest BCUT2D eigenvalue weighted by Crippen LogP contribution is 2.28. The molecule has 0 aromatic heterocycles. The molecule has 0 heterocycles. The summed E-state index contributed by atoms with van der Waals surface area (Å²) in [4.78, 5) is 12.7. The Balaban J connectivity index is 0.00000300. The van der Waals surface area contributed by atoms with Gasteiger partial charge >= 0.3 is 0 Å². The number of fused-ring (bicyclic) bond motifs is 1. The first-order chi connectivity index (χ1) is 13.2. The first kappa shape index (κ1) is 23.8. The van der Waals surface area contributed by atoms with Gasteiger partial charge in [0.25, 0.3) is 0 Å². The monoisotopic (exact) mass is 502 g/mol. The first-order valence-corrected chi connectivity index (χ1v) is 11.7. The molecule has 0 saturated heterocycles. The molecule has 0 amide bonds. The van der Waals surface area contributed by atoms with Crippen molar-refractivity contribution in [1.82, 2.24) is 5.32 Å². The number of aryl methyl sites for hydroxylation is 1. The Bertz CT molecular complexity index is 967. The van der Waals surface area contributed by atoms with Crippen molar-refractivity contribution < 1.29 is 18.3 Å². The summed E-state index contributed by atoms with van der Waals surface area (Å²) in [5.41, 5.74) is 2.99. The predicted octanol–water partition coefficient (Wildman–Crippen LogP) is 3.31. The van der Waals surface area contributed by atoms with Crippen LogP contribution in [0.3, 0.4) is 0 Å². The maximum absolute atomic E-state index is 12.7. The molecule has 2 aromatic rings. The molecule has 9 heteroatoms. The number of anilines is 1. The number of nitrogens with one attached hydrogen (secondary N) is 2. The lowest BCUT2D eigenvalue weighted by atomic mass is 9.83. The summed E-state index contributed by atoms with van der Waals surface area (Å²) in [7, 11) is -3.33. The number of hydrogen-bond acceptors (Lipinski definition) is 5. The molecular weight excluding hydrogens is 480 g/mol. The zero-order chi connectivity index (χ0) is 20.3. The van der Waals surface area contributed by atoms with Crippen LogP contribution in [-0.4, -0.2) is 38.7 Å². The van der Waals surface area contributed by atoms with E-state index in [0.717, 1.165) is 34.7 Å². The van der Waals surface area contributed by atoms with E-state index in [1.165, 1.54) is 0 Å². The highest BCUT2D eigenvalue weighted by Gasteiger charge is 2.27. The standard InChI is InChI=1S/C20H23BrN2O4S.ClH/c1-28(26,27)23-17-8-5-14(6-9-17)19(24)12-22-11-15-3-2-13-4-7-16(21)10-18(13)20(15)25;/h4-10,15,19,22-24H,2-3,11-12H2,1H3;1H. The molecule has 0 aliphatic heterocycles. The minimum absolute atomic E-state index is 0. The fourth-order valence-corrected chi connectivity index (χ4v) is 4.30. The van der Waals surface area contributed by atoms with Crippen molar-refractivity contribution in [2.75, 3.05) is 24.1 Å². The minimum Gasteiger partial charge on any atom is -0.387 e. The number of carbonyl (C=O) groups is 1. The predicted molar refractivity (Wildman–Crippen MR) is 120 cm³/mol. The number of aliphatic hydroxyl groups is 1. The van der Waals surface area contributed by atoms with Gasteiger partial charge in [0.2, 0.25) is 10.0 Å². The Morgan fingerprint density at radius 1 is 1.21 bits per heavy atom. The third-order valence-electron chi connectivity index (χ3n) is 4.80. The van der Waals surface area contributed by atoms with E-state index in [0.29, 0.717) is 24.3 Å². The Hall–Kier alpha value is -1.45. The third kappa shape index (κ3) is 6.52. The van der Waals surface area contributed by atoms with Crippen LogP contribution in [0.15, 0.2) is 46.9 Å². The summed E-state index contributed by atoms with van der Waals surface area (Å²) >= 11 is 3.42. The van der Waals surface area contributed by atoms with Crippen LogP contribution in [0.25, 0.3) is 0 Å². The lowest BCUT2D eigenvalue weighted by molar-refractivity contribution is 0.0894. The van der Waals surface area contributed by atoms with Gasteiger partial charge in [-0.3, -0.25) is 9.52 Å². The molecule has 0 fully saturated rings. The number of ketones is 1. The lowest BCUT2D eigenvalue weighted by Crippen LogP contribution is -2.34. The molecule has 29 heavy (non-hydrogen) atoms. The summed E-state index contributed by atoms with van der Waals surface area (Å²) in [5.74, 6) is 0.0380. The lowest BCUT2D eigenvalue weighted by Gasteiger charge is -2.24. The second-order valence-corrected chi connectivity index (χ2v) is 9.74. The number of benzene rings is 2. The summed E-state index contributed by atoms with van der Waals surface area (Å²) in [6.07, 6.45) is 2.01. The van der Waals surface area contributed by atoms with E-state index < -0.39 is 16.1 Å². The fraction of sp³-hybridized carbons (Fsp3) is 0.350. The summed E-state index contributed by atoms with van der Waals surface area (Å²) < 4.78 is 25.8. The molecule has 3 N–H and O–H groups in total. The van der Waals surface area contributed by atoms with Crippen LogP contribution in [0.5, 0.6) is 0 Å². The van der Waals surface area contributed by atoms with Crippen LogP contribution < -0.4 is 10.0 Å². The van der Waals surface area contributed by atoms with E-state index in [9.17, 15) is 18.3 Å². The van der Waals surface area contributed by atoms with Gasteiger partial charge in [0.1, 0.15) is 0 Å². The van der Waals surface area contributed by atoms with Crippen LogP contribution in [-0.2, 0) is 16.4 Å². The van der Waals surface area contributed by atoms with Gasteiger partial charge in [0.15, 0.2) is 5.78 Å². The molecule has 0 bridgehead atoms. The molecule has 6 nitrogen and oxygen atoms in total. The number of aliphatic hydroxyl groups excluding tert-OH is 1. The molecule has 0 radical (unpaired) electrons. The number of rotatable bonds is 7. The van der Waals surface area contributed by atoms with Gasteiger partial charge in [-0.15, -0.1) is 12.4 Å². The van der Waals surface area contributed by atoms with Gasteiger partial charge < -0.3 is 10.4 Å². The first-order valence-electron chi connectivity index (χ1n) is 9.02. The van der Waals surface area contributed by atoms with Crippen molar-refractivity contribution in [2.24, 2.45) is 5.92 Å². The van der Waals surface area contributed by atoms with Crippen LogP contribution >= 0.6 is 28.3 Å². The smallest absolute Gasteiger partial charge is 0.229 e. The molecule has 0 spiro atoms. The van der Waals surface area contributed by atoms with Gasteiger partial charge in [-0.25, -0.2) is 8.42 Å². The minimum atomic E-state index is -3.33. The molecule has 2 unspecified atom stereocenters. The maximum atomic E-state index is 12.7. The second-order valence-electron chi connectivity index (χ2n) is 7.07. The van der Waals surface area contributed by atoms with Crippen molar-refractivity contribution in [3.8, 4) is 0 Å². The maximum Gasteiger partial charge on any atom is 0.229 e. The van der Waals surface area contributed by atoms with Crippen molar-refractivity contribution in [3.05, 3.63) is 63.6 Å². The fourth-order valence-electron chi connectivity index (χ4n) is 3.37. The van der Waals surface area contributed by atoms with Gasteiger partial charge in [-0.2, -0.15) is 0 Å². The molecule has 158 valence electrons. The zero-order valence-corrected chi connectivity index (χ0v) is 19.1. The van der Waals surface area contributed by atoms with Crippen molar-refractivity contribution >= 4 is 49.8 Å². The second kappa shape index (κ2) is 10.0. The zero-order valence-electron chi connectivity index (χ0n) is 15.9. The van der Waals surface area contributed by atoms with E-state index in [4.69, 9.17) is 0 Å². The van der Waals surface area contributed by atoms with E-state index in [-0.39, 0.29) is 24.1 Å². The van der Waals surface area contributed by atoms with Gasteiger partial charge in [-0.1, -0.05) is 34.1 Å². The number of sulfonamides is 1. The number of hydrogen-bond donors (Lipinski definition) is 3. The SMILES string of the molecule is CS(=O)(=O)Nc1ccc(C(O)CNCC2CCc3ccc(Br)cc3C2=O)cc1.Cl. The quantitative estimate of drug-likeness (QED) is 0.539. The molecular formula is C20H24BrClN2O4S. The van der Waals surface area contributed by atoms with Crippen LogP contribution in [0, 0.1) is 5.92 Å². The normalized spacial score (nSPS) is 17.2. The molecule has 2 atom stereocenters. The molecule has 2 aromatic carbocycles. The highest BCUT2D eigenvalue weighted by molar-refractivity contribution is 9.10. The van der Waals surface area contributed by atoms with E-state index in [1.807, 2.05) is 18.2 Å².